The summed E-state index contributed by atoms with van der Waals surface area (Å²) >= 11 is 1.58. The second kappa shape index (κ2) is 6.08. The Kier molecular flexibility index (Phi) is 4.28. The average Bonchev–Trinajstić information content (AvgIpc) is 2.90. The van der Waals surface area contributed by atoms with E-state index >= 15 is 0 Å². The highest BCUT2D eigenvalue weighted by molar-refractivity contribution is 7.17. The maximum atomic E-state index is 13.1. The molecule has 0 radical (unpaired) electrons. The second-order valence-electron chi connectivity index (χ2n) is 6.52. The fourth-order valence-electron chi connectivity index (χ4n) is 3.76. The fourth-order valence-corrected chi connectivity index (χ4v) is 4.71. The molecule has 1 aliphatic carbocycles. The normalized spacial score (nSPS) is 23.7. The lowest BCUT2D eigenvalue weighted by Crippen LogP contribution is -2.54. The summed E-state index contributed by atoms with van der Waals surface area (Å²) in [6.45, 7) is 6.20. The number of hydrogen-bond acceptors (Lipinski definition) is 4. The summed E-state index contributed by atoms with van der Waals surface area (Å²) in [7, 11) is 0. The third-order valence-corrected chi connectivity index (χ3v) is 6.18. The number of ether oxygens (including phenoxy) is 1. The topological polar surface area (TPSA) is 43.4 Å². The number of carbonyl (C=O) groups is 2. The summed E-state index contributed by atoms with van der Waals surface area (Å²) in [4.78, 5) is 25.7. The Morgan fingerprint density at radius 1 is 1.35 bits per heavy atom. The fraction of sp³-hybridized carbons (Fsp3) is 0.474. The van der Waals surface area contributed by atoms with Gasteiger partial charge in [-0.15, -0.1) is 11.3 Å². The predicted octanol–water partition coefficient (Wildman–Crippen LogP) is 4.70. The van der Waals surface area contributed by atoms with E-state index in [-0.39, 0.29) is 23.6 Å². The van der Waals surface area contributed by atoms with Crippen LogP contribution in [0.4, 0.5) is 0 Å². The Bertz CT molecular complexity index is 746. The molecule has 122 valence electrons. The van der Waals surface area contributed by atoms with Crippen LogP contribution in [0.25, 0.3) is 10.1 Å². The van der Waals surface area contributed by atoms with Crippen molar-refractivity contribution in [2.24, 2.45) is 17.3 Å². The van der Waals surface area contributed by atoms with E-state index in [1.54, 1.807) is 11.3 Å². The van der Waals surface area contributed by atoms with Gasteiger partial charge in [0.05, 0.1) is 12.0 Å². The van der Waals surface area contributed by atoms with Crippen molar-refractivity contribution in [3.63, 3.8) is 0 Å². The van der Waals surface area contributed by atoms with Crippen LogP contribution in [0.3, 0.4) is 0 Å². The Balaban J connectivity index is 1.97. The third kappa shape index (κ3) is 2.40. The van der Waals surface area contributed by atoms with Gasteiger partial charge in [0.15, 0.2) is 5.78 Å². The van der Waals surface area contributed by atoms with Gasteiger partial charge >= 0.3 is 5.97 Å². The van der Waals surface area contributed by atoms with Crippen molar-refractivity contribution < 1.29 is 14.3 Å². The molecule has 4 heteroatoms. The summed E-state index contributed by atoms with van der Waals surface area (Å²) < 4.78 is 6.42. The number of thiophene rings is 1. The van der Waals surface area contributed by atoms with E-state index in [0.29, 0.717) is 6.61 Å². The van der Waals surface area contributed by atoms with E-state index in [1.165, 1.54) is 0 Å². The van der Waals surface area contributed by atoms with Crippen molar-refractivity contribution in [3.8, 4) is 0 Å². The molecule has 3 nitrogen and oxygen atoms in total. The number of rotatable bonds is 5. The molecule has 23 heavy (non-hydrogen) atoms. The first kappa shape index (κ1) is 16.2. The molecule has 2 atom stereocenters. The summed E-state index contributed by atoms with van der Waals surface area (Å²) in [6.07, 6.45) is 1.50. The highest BCUT2D eigenvalue weighted by Gasteiger charge is 2.58. The van der Waals surface area contributed by atoms with Crippen LogP contribution < -0.4 is 0 Å². The van der Waals surface area contributed by atoms with Crippen LogP contribution in [-0.2, 0) is 9.53 Å². The van der Waals surface area contributed by atoms with Crippen LogP contribution in [0.2, 0.25) is 0 Å². The third-order valence-electron chi connectivity index (χ3n) is 5.22. The molecule has 0 amide bonds. The van der Waals surface area contributed by atoms with Gasteiger partial charge in [0.25, 0.3) is 0 Å². The maximum absolute atomic E-state index is 13.1. The van der Waals surface area contributed by atoms with Crippen LogP contribution >= 0.6 is 11.3 Å². The number of benzene rings is 1. The lowest BCUT2D eigenvalue weighted by Gasteiger charge is -2.49. The number of esters is 1. The number of ketones is 1. The Labute approximate surface area is 140 Å². The Morgan fingerprint density at radius 2 is 2.09 bits per heavy atom. The highest BCUT2D eigenvalue weighted by atomic mass is 32.1. The van der Waals surface area contributed by atoms with E-state index in [0.717, 1.165) is 28.5 Å². The molecule has 1 fully saturated rings. The largest absolute Gasteiger partial charge is 0.466 e. The van der Waals surface area contributed by atoms with Crippen molar-refractivity contribution in [1.82, 2.24) is 0 Å². The molecule has 0 spiro atoms. The summed E-state index contributed by atoms with van der Waals surface area (Å²) in [5.74, 6) is -0.289. The van der Waals surface area contributed by atoms with Crippen molar-refractivity contribution in [2.75, 3.05) is 6.61 Å². The van der Waals surface area contributed by atoms with E-state index in [9.17, 15) is 9.59 Å². The number of hydrogen-bond donors (Lipinski definition) is 0. The average molecular weight is 330 g/mol. The predicted molar refractivity (Wildman–Crippen MR) is 92.8 cm³/mol. The summed E-state index contributed by atoms with van der Waals surface area (Å²) in [6, 6.07) is 7.94. The monoisotopic (exact) mass is 330 g/mol. The second-order valence-corrected chi connectivity index (χ2v) is 7.43. The van der Waals surface area contributed by atoms with Gasteiger partial charge in [0.2, 0.25) is 0 Å². The summed E-state index contributed by atoms with van der Waals surface area (Å²) in [5, 5.41) is 2.93. The van der Waals surface area contributed by atoms with Gasteiger partial charge in [-0.05, 0) is 31.7 Å². The van der Waals surface area contributed by atoms with Crippen LogP contribution in [0.15, 0.2) is 29.6 Å². The van der Waals surface area contributed by atoms with E-state index in [2.05, 4.69) is 0 Å². The van der Waals surface area contributed by atoms with Crippen LogP contribution in [0.5, 0.6) is 0 Å². The minimum absolute atomic E-state index is 0.0918. The zero-order valence-corrected chi connectivity index (χ0v) is 14.6. The van der Waals surface area contributed by atoms with Crippen molar-refractivity contribution in [2.45, 2.75) is 33.6 Å². The van der Waals surface area contributed by atoms with Gasteiger partial charge in [-0.25, -0.2) is 0 Å². The SMILES string of the molecule is CCOC(=O)C1(C(C)C)CCC1C(=O)c1csc2ccccc12. The van der Waals surface area contributed by atoms with Crippen LogP contribution in [0, 0.1) is 17.3 Å². The number of carbonyl (C=O) groups excluding carboxylic acids is 2. The Morgan fingerprint density at radius 3 is 2.70 bits per heavy atom. The molecule has 0 saturated heterocycles. The van der Waals surface area contributed by atoms with Gasteiger partial charge in [-0.2, -0.15) is 0 Å². The first-order valence-electron chi connectivity index (χ1n) is 8.20. The van der Waals surface area contributed by atoms with Gasteiger partial charge in [-0.3, -0.25) is 9.59 Å². The molecule has 0 aliphatic heterocycles. The molecular weight excluding hydrogens is 308 g/mol. The van der Waals surface area contributed by atoms with Gasteiger partial charge in [0, 0.05) is 26.9 Å². The first-order chi connectivity index (χ1) is 11.0. The smallest absolute Gasteiger partial charge is 0.313 e. The standard InChI is InChI=1S/C19H22O3S/c1-4-22-18(21)19(12(2)3)10-9-15(19)17(20)14-11-23-16-8-6-5-7-13(14)16/h5-8,11-12,15H,4,9-10H2,1-3H3. The maximum Gasteiger partial charge on any atom is 0.313 e. The van der Waals surface area contributed by atoms with Crippen molar-refractivity contribution in [1.29, 1.82) is 0 Å². The van der Waals surface area contributed by atoms with E-state index in [4.69, 9.17) is 4.74 Å². The summed E-state index contributed by atoms with van der Waals surface area (Å²) in [5.41, 5.74) is 0.0977. The molecule has 1 aliphatic rings. The van der Waals surface area contributed by atoms with E-state index in [1.807, 2.05) is 50.4 Å². The minimum atomic E-state index is -0.657. The molecule has 2 aromatic rings. The number of fused-ring (bicyclic) bond motifs is 1. The van der Waals surface area contributed by atoms with Gasteiger partial charge in [0.1, 0.15) is 0 Å². The molecule has 3 rings (SSSR count). The molecular formula is C19H22O3S. The van der Waals surface area contributed by atoms with E-state index < -0.39 is 5.41 Å². The lowest BCUT2D eigenvalue weighted by atomic mass is 9.53. The number of Topliss-reactive ketones (excluding diaryl/α,β-unsaturated/α-hetero) is 1. The molecule has 0 N–H and O–H groups in total. The van der Waals surface area contributed by atoms with Crippen molar-refractivity contribution >= 4 is 33.2 Å². The first-order valence-corrected chi connectivity index (χ1v) is 9.08. The molecule has 1 heterocycles. The van der Waals surface area contributed by atoms with Gasteiger partial charge < -0.3 is 4.74 Å². The minimum Gasteiger partial charge on any atom is -0.466 e. The van der Waals surface area contributed by atoms with Crippen LogP contribution in [-0.4, -0.2) is 18.4 Å². The zero-order valence-electron chi connectivity index (χ0n) is 13.8. The molecule has 1 saturated carbocycles. The lowest BCUT2D eigenvalue weighted by molar-refractivity contribution is -0.170. The molecule has 2 unspecified atom stereocenters. The Hall–Kier alpha value is -1.68. The zero-order chi connectivity index (χ0) is 16.6. The van der Waals surface area contributed by atoms with Crippen molar-refractivity contribution in [3.05, 3.63) is 35.2 Å². The molecule has 1 aromatic carbocycles. The molecule has 0 bridgehead atoms. The van der Waals surface area contributed by atoms with Crippen LogP contribution in [0.1, 0.15) is 44.0 Å². The highest BCUT2D eigenvalue weighted by Crippen LogP contribution is 2.54. The molecule has 1 aromatic heterocycles. The van der Waals surface area contributed by atoms with Gasteiger partial charge in [-0.1, -0.05) is 32.0 Å². The quantitative estimate of drug-likeness (QED) is 0.589.